The van der Waals surface area contributed by atoms with Gasteiger partial charge in [0.1, 0.15) is 12.9 Å². The molecule has 1 rings (SSSR count). The predicted octanol–water partition coefficient (Wildman–Crippen LogP) is -0.733. The van der Waals surface area contributed by atoms with Gasteiger partial charge >= 0.3 is 0 Å². The molecule has 0 amide bonds. The molecular formula is C4H7F2N5. The van der Waals surface area contributed by atoms with Crippen LogP contribution in [0.4, 0.5) is 8.78 Å². The fourth-order valence-electron chi connectivity index (χ4n) is 0.554. The SMILES string of the molecule is NCC(F)(F)Cn1cnnn1. The maximum atomic E-state index is 12.5. The van der Waals surface area contributed by atoms with E-state index in [1.165, 1.54) is 0 Å². The fraction of sp³-hybridized carbons (Fsp3) is 0.750. The van der Waals surface area contributed by atoms with E-state index in [1.807, 2.05) is 0 Å². The number of tetrazole rings is 1. The topological polar surface area (TPSA) is 69.6 Å². The second-order valence-corrected chi connectivity index (χ2v) is 2.07. The van der Waals surface area contributed by atoms with Crippen molar-refractivity contribution in [2.75, 3.05) is 6.54 Å². The first-order valence-corrected chi connectivity index (χ1v) is 2.93. The molecule has 1 aromatic heterocycles. The van der Waals surface area contributed by atoms with Crippen LogP contribution in [-0.4, -0.2) is 32.7 Å². The maximum Gasteiger partial charge on any atom is 0.279 e. The van der Waals surface area contributed by atoms with Crippen molar-refractivity contribution >= 4 is 0 Å². The number of rotatable bonds is 3. The minimum atomic E-state index is -2.94. The summed E-state index contributed by atoms with van der Waals surface area (Å²) in [6.45, 7) is -1.27. The van der Waals surface area contributed by atoms with Gasteiger partial charge in [0.05, 0.1) is 6.54 Å². The molecule has 0 unspecified atom stereocenters. The van der Waals surface area contributed by atoms with Crippen LogP contribution in [0.5, 0.6) is 0 Å². The van der Waals surface area contributed by atoms with E-state index in [9.17, 15) is 8.78 Å². The van der Waals surface area contributed by atoms with Crippen molar-refractivity contribution in [2.45, 2.75) is 12.5 Å². The highest BCUT2D eigenvalue weighted by atomic mass is 19.3. The van der Waals surface area contributed by atoms with Gasteiger partial charge in [0.15, 0.2) is 0 Å². The van der Waals surface area contributed by atoms with Crippen LogP contribution in [0.25, 0.3) is 0 Å². The smallest absolute Gasteiger partial charge is 0.279 e. The van der Waals surface area contributed by atoms with Crippen molar-refractivity contribution < 1.29 is 8.78 Å². The zero-order valence-corrected chi connectivity index (χ0v) is 5.61. The van der Waals surface area contributed by atoms with Crippen molar-refractivity contribution in [1.29, 1.82) is 0 Å². The summed E-state index contributed by atoms with van der Waals surface area (Å²) in [6, 6.07) is 0. The summed E-state index contributed by atoms with van der Waals surface area (Å²) in [5, 5.41) is 9.67. The van der Waals surface area contributed by atoms with Crippen molar-refractivity contribution in [3.8, 4) is 0 Å². The van der Waals surface area contributed by atoms with E-state index in [0.717, 1.165) is 11.0 Å². The Morgan fingerprint density at radius 2 is 2.27 bits per heavy atom. The second kappa shape index (κ2) is 2.87. The van der Waals surface area contributed by atoms with Gasteiger partial charge < -0.3 is 5.73 Å². The van der Waals surface area contributed by atoms with Crippen LogP contribution in [0.3, 0.4) is 0 Å². The van der Waals surface area contributed by atoms with Gasteiger partial charge in [-0.25, -0.2) is 13.5 Å². The average molecular weight is 163 g/mol. The fourth-order valence-corrected chi connectivity index (χ4v) is 0.554. The second-order valence-electron chi connectivity index (χ2n) is 2.07. The van der Waals surface area contributed by atoms with E-state index in [4.69, 9.17) is 5.73 Å². The summed E-state index contributed by atoms with van der Waals surface area (Å²) in [7, 11) is 0. The molecule has 0 aliphatic carbocycles. The molecule has 1 aromatic rings. The molecule has 5 nitrogen and oxygen atoms in total. The Hall–Kier alpha value is -1.11. The summed E-state index contributed by atoms with van der Waals surface area (Å²) >= 11 is 0. The van der Waals surface area contributed by atoms with Crippen LogP contribution in [0.15, 0.2) is 6.33 Å². The number of nitrogens with zero attached hydrogens (tertiary/aromatic N) is 4. The summed E-state index contributed by atoms with van der Waals surface area (Å²) in [4.78, 5) is 0. The van der Waals surface area contributed by atoms with Crippen LogP contribution < -0.4 is 5.73 Å². The van der Waals surface area contributed by atoms with E-state index in [1.54, 1.807) is 0 Å². The first-order chi connectivity index (χ1) is 5.14. The van der Waals surface area contributed by atoms with Crippen LogP contribution >= 0.6 is 0 Å². The Bertz CT molecular complexity index is 208. The molecule has 0 aliphatic heterocycles. The number of halogens is 2. The zero-order valence-electron chi connectivity index (χ0n) is 5.61. The quantitative estimate of drug-likeness (QED) is 0.637. The summed E-state index contributed by atoms with van der Waals surface area (Å²) in [6.07, 6.45) is 1.11. The monoisotopic (exact) mass is 163 g/mol. The molecule has 0 radical (unpaired) electrons. The molecule has 0 fully saturated rings. The third-order valence-corrected chi connectivity index (χ3v) is 1.08. The molecular weight excluding hydrogens is 156 g/mol. The normalized spacial score (nSPS) is 11.9. The van der Waals surface area contributed by atoms with Gasteiger partial charge in [-0.3, -0.25) is 0 Å². The highest BCUT2D eigenvalue weighted by molar-refractivity contribution is 4.66. The molecule has 0 aromatic carbocycles. The third-order valence-electron chi connectivity index (χ3n) is 1.08. The van der Waals surface area contributed by atoms with Gasteiger partial charge in [-0.05, 0) is 10.4 Å². The molecule has 0 aliphatic rings. The molecule has 0 spiro atoms. The van der Waals surface area contributed by atoms with Crippen molar-refractivity contribution in [1.82, 2.24) is 20.2 Å². The number of hydrogen-bond donors (Lipinski definition) is 1. The Kier molecular flexibility index (Phi) is 2.08. The van der Waals surface area contributed by atoms with Gasteiger partial charge in [-0.1, -0.05) is 0 Å². The van der Waals surface area contributed by atoms with E-state index >= 15 is 0 Å². The highest BCUT2D eigenvalue weighted by Gasteiger charge is 2.27. The minimum absolute atomic E-state index is 0.573. The minimum Gasteiger partial charge on any atom is -0.325 e. The van der Waals surface area contributed by atoms with Gasteiger partial charge in [0.2, 0.25) is 0 Å². The van der Waals surface area contributed by atoms with E-state index in [-0.39, 0.29) is 0 Å². The molecule has 0 bridgehead atoms. The highest BCUT2D eigenvalue weighted by Crippen LogP contribution is 2.12. The molecule has 0 saturated heterocycles. The predicted molar refractivity (Wildman–Crippen MR) is 31.8 cm³/mol. The molecule has 62 valence electrons. The third kappa shape index (κ3) is 2.19. The van der Waals surface area contributed by atoms with Crippen molar-refractivity contribution in [3.63, 3.8) is 0 Å². The number of alkyl halides is 2. The Morgan fingerprint density at radius 3 is 2.73 bits per heavy atom. The van der Waals surface area contributed by atoms with Crippen molar-refractivity contribution in [2.24, 2.45) is 5.73 Å². The molecule has 11 heavy (non-hydrogen) atoms. The number of aromatic nitrogens is 4. The standard InChI is InChI=1S/C4H7F2N5/c5-4(6,1-7)2-11-3-8-9-10-11/h3H,1-2,7H2. The Labute approximate surface area is 61.2 Å². The summed E-state index contributed by atoms with van der Waals surface area (Å²) in [5.41, 5.74) is 4.79. The molecule has 7 heteroatoms. The lowest BCUT2D eigenvalue weighted by Gasteiger charge is -2.11. The van der Waals surface area contributed by atoms with Gasteiger partial charge in [0.25, 0.3) is 5.92 Å². The van der Waals surface area contributed by atoms with Crippen LogP contribution in [0.1, 0.15) is 0 Å². The van der Waals surface area contributed by atoms with Gasteiger partial charge in [-0.15, -0.1) is 5.10 Å². The first kappa shape index (κ1) is 7.99. The lowest BCUT2D eigenvalue weighted by Crippen LogP contribution is -2.33. The number of nitrogens with two attached hydrogens (primary N) is 1. The molecule has 0 saturated carbocycles. The average Bonchev–Trinajstić information content (AvgIpc) is 2.39. The lowest BCUT2D eigenvalue weighted by atomic mass is 10.3. The Morgan fingerprint density at radius 1 is 1.55 bits per heavy atom. The molecule has 1 heterocycles. The van der Waals surface area contributed by atoms with E-state index < -0.39 is 19.0 Å². The lowest BCUT2D eigenvalue weighted by molar-refractivity contribution is -0.0103. The largest absolute Gasteiger partial charge is 0.325 e. The summed E-state index contributed by atoms with van der Waals surface area (Å²) in [5.74, 6) is -2.94. The first-order valence-electron chi connectivity index (χ1n) is 2.93. The Balaban J connectivity index is 2.56. The van der Waals surface area contributed by atoms with Gasteiger partial charge in [-0.2, -0.15) is 0 Å². The number of hydrogen-bond acceptors (Lipinski definition) is 4. The van der Waals surface area contributed by atoms with E-state index in [2.05, 4.69) is 15.5 Å². The summed E-state index contributed by atoms with van der Waals surface area (Å²) < 4.78 is 25.9. The molecule has 2 N–H and O–H groups in total. The van der Waals surface area contributed by atoms with Crippen LogP contribution in [-0.2, 0) is 6.54 Å². The van der Waals surface area contributed by atoms with Gasteiger partial charge in [0, 0.05) is 0 Å². The van der Waals surface area contributed by atoms with Crippen LogP contribution in [0, 0.1) is 0 Å². The molecule has 0 atom stereocenters. The zero-order chi connectivity index (χ0) is 8.32. The van der Waals surface area contributed by atoms with Crippen molar-refractivity contribution in [3.05, 3.63) is 6.33 Å². The maximum absolute atomic E-state index is 12.5. The van der Waals surface area contributed by atoms with Crippen LogP contribution in [0.2, 0.25) is 0 Å². The van der Waals surface area contributed by atoms with E-state index in [0.29, 0.717) is 0 Å².